The predicted octanol–water partition coefficient (Wildman–Crippen LogP) is 5.60. The summed E-state index contributed by atoms with van der Waals surface area (Å²) in [4.78, 5) is 22.3. The molecule has 0 spiro atoms. The third kappa shape index (κ3) is 5.90. The number of thioether (sulfide) groups is 1. The average Bonchev–Trinajstić information content (AvgIpc) is 2.88. The van der Waals surface area contributed by atoms with Gasteiger partial charge in [-0.15, -0.1) is 11.8 Å². The van der Waals surface area contributed by atoms with Crippen molar-refractivity contribution in [3.05, 3.63) is 96.3 Å². The van der Waals surface area contributed by atoms with Gasteiger partial charge in [-0.3, -0.25) is 4.79 Å². The van der Waals surface area contributed by atoms with Crippen molar-refractivity contribution in [1.82, 2.24) is 15.3 Å². The number of carbonyl (C=O) groups excluding carboxylic acids is 1. The average molecular weight is 458 g/mol. The lowest BCUT2D eigenvalue weighted by atomic mass is 10.1. The molecule has 6 nitrogen and oxygen atoms in total. The molecule has 0 atom stereocenters. The maximum absolute atomic E-state index is 12.5. The highest BCUT2D eigenvalue weighted by atomic mass is 32.2. The number of hydrogen-bond acceptors (Lipinski definition) is 6. The zero-order valence-electron chi connectivity index (χ0n) is 18.3. The Bertz CT molecular complexity index is 1210. The molecule has 0 fully saturated rings. The summed E-state index contributed by atoms with van der Waals surface area (Å²) >= 11 is 1.69. The Morgan fingerprint density at radius 1 is 0.909 bits per heavy atom. The van der Waals surface area contributed by atoms with Crippen LogP contribution in [-0.4, -0.2) is 29.2 Å². The van der Waals surface area contributed by atoms with Gasteiger partial charge < -0.3 is 14.8 Å². The summed E-state index contributed by atoms with van der Waals surface area (Å²) in [7, 11) is 1.60. The van der Waals surface area contributed by atoms with Crippen LogP contribution in [-0.2, 0) is 6.54 Å². The Morgan fingerprint density at radius 3 is 2.27 bits per heavy atom. The van der Waals surface area contributed by atoms with Crippen LogP contribution in [0.2, 0.25) is 0 Å². The topological polar surface area (TPSA) is 73.3 Å². The van der Waals surface area contributed by atoms with Crippen LogP contribution < -0.4 is 14.8 Å². The molecule has 1 N–H and O–H groups in total. The Kier molecular flexibility index (Phi) is 7.22. The molecule has 1 amide bonds. The summed E-state index contributed by atoms with van der Waals surface area (Å²) in [6.07, 6.45) is 5.42. The molecule has 1 aromatic heterocycles. The van der Waals surface area contributed by atoms with E-state index in [1.807, 2.05) is 48.7 Å². The third-order valence-corrected chi connectivity index (χ3v) is 5.71. The fraction of sp³-hybridized carbons (Fsp3) is 0.115. The van der Waals surface area contributed by atoms with E-state index in [1.54, 1.807) is 49.5 Å². The summed E-state index contributed by atoms with van der Waals surface area (Å²) in [6, 6.07) is 23.0. The number of rotatable bonds is 8. The first kappa shape index (κ1) is 22.4. The van der Waals surface area contributed by atoms with Crippen LogP contribution in [0, 0.1) is 0 Å². The number of nitrogens with zero attached hydrogens (tertiary/aromatic N) is 2. The number of ether oxygens (including phenoxy) is 2. The molecule has 4 aromatic rings. The normalized spacial score (nSPS) is 10.5. The molecule has 1 heterocycles. The van der Waals surface area contributed by atoms with E-state index in [2.05, 4.69) is 27.4 Å². The first-order chi connectivity index (χ1) is 16.1. The predicted molar refractivity (Wildman–Crippen MR) is 130 cm³/mol. The summed E-state index contributed by atoms with van der Waals surface area (Å²) in [5.41, 5.74) is 3.39. The first-order valence-electron chi connectivity index (χ1n) is 10.3. The lowest BCUT2D eigenvalue weighted by Gasteiger charge is -2.08. The number of aromatic nitrogens is 2. The highest BCUT2D eigenvalue weighted by Crippen LogP contribution is 2.24. The van der Waals surface area contributed by atoms with Gasteiger partial charge in [-0.05, 0) is 53.8 Å². The summed E-state index contributed by atoms with van der Waals surface area (Å²) in [5, 5.41) is 2.95. The molecular weight excluding hydrogens is 434 g/mol. The van der Waals surface area contributed by atoms with Crippen molar-refractivity contribution >= 4 is 17.7 Å². The van der Waals surface area contributed by atoms with Crippen LogP contribution >= 0.6 is 11.8 Å². The second-order valence-corrected chi connectivity index (χ2v) is 8.02. The zero-order chi connectivity index (χ0) is 23.0. The second kappa shape index (κ2) is 10.7. The molecule has 0 saturated heterocycles. The molecule has 166 valence electrons. The van der Waals surface area contributed by atoms with Crippen LogP contribution in [0.1, 0.15) is 15.9 Å². The fourth-order valence-electron chi connectivity index (χ4n) is 3.13. The summed E-state index contributed by atoms with van der Waals surface area (Å²) < 4.78 is 10.9. The van der Waals surface area contributed by atoms with E-state index >= 15 is 0 Å². The smallest absolute Gasteiger partial charge is 0.321 e. The van der Waals surface area contributed by atoms with Crippen LogP contribution in [0.15, 0.2) is 90.1 Å². The molecule has 0 bridgehead atoms. The monoisotopic (exact) mass is 457 g/mol. The Labute approximate surface area is 197 Å². The molecule has 33 heavy (non-hydrogen) atoms. The third-order valence-electron chi connectivity index (χ3n) is 4.97. The molecule has 0 unspecified atom stereocenters. The van der Waals surface area contributed by atoms with Crippen molar-refractivity contribution in [2.24, 2.45) is 0 Å². The SMILES string of the molecule is COc1cccc(Oc2ncc(-c3ccc(C(=O)NCc4ccc(SC)cc4)cc3)cn2)c1. The van der Waals surface area contributed by atoms with Gasteiger partial charge in [0.2, 0.25) is 0 Å². The molecule has 0 aliphatic rings. The van der Waals surface area contributed by atoms with E-state index in [-0.39, 0.29) is 11.9 Å². The Morgan fingerprint density at radius 2 is 1.61 bits per heavy atom. The molecule has 0 aliphatic carbocycles. The lowest BCUT2D eigenvalue weighted by Crippen LogP contribution is -2.22. The fourth-order valence-corrected chi connectivity index (χ4v) is 3.54. The largest absolute Gasteiger partial charge is 0.497 e. The van der Waals surface area contributed by atoms with Crippen LogP contribution in [0.4, 0.5) is 0 Å². The molecule has 0 saturated carbocycles. The van der Waals surface area contributed by atoms with Crippen molar-refractivity contribution in [3.63, 3.8) is 0 Å². The van der Waals surface area contributed by atoms with Gasteiger partial charge in [0.15, 0.2) is 0 Å². The van der Waals surface area contributed by atoms with Crippen molar-refractivity contribution in [3.8, 4) is 28.6 Å². The highest BCUT2D eigenvalue weighted by molar-refractivity contribution is 7.98. The standard InChI is InChI=1S/C26H23N3O3S/c1-31-22-4-3-5-23(14-22)32-26-28-16-21(17-29-26)19-8-10-20(11-9-19)25(30)27-15-18-6-12-24(33-2)13-7-18/h3-14,16-17H,15H2,1-2H3,(H,27,30). The number of amides is 1. The van der Waals surface area contributed by atoms with Crippen LogP contribution in [0.25, 0.3) is 11.1 Å². The summed E-state index contributed by atoms with van der Waals surface area (Å²) in [6.45, 7) is 0.484. The van der Waals surface area contributed by atoms with Gasteiger partial charge in [-0.1, -0.05) is 30.3 Å². The van der Waals surface area contributed by atoms with E-state index in [4.69, 9.17) is 9.47 Å². The number of benzene rings is 3. The Balaban J connectivity index is 1.36. The zero-order valence-corrected chi connectivity index (χ0v) is 19.1. The lowest BCUT2D eigenvalue weighted by molar-refractivity contribution is 0.0951. The van der Waals surface area contributed by atoms with Crippen molar-refractivity contribution in [1.29, 1.82) is 0 Å². The van der Waals surface area contributed by atoms with Gasteiger partial charge in [0.05, 0.1) is 7.11 Å². The van der Waals surface area contributed by atoms with Crippen LogP contribution in [0.5, 0.6) is 17.5 Å². The van der Waals surface area contributed by atoms with E-state index in [1.165, 1.54) is 4.90 Å². The molecule has 7 heteroatoms. The number of hydrogen-bond donors (Lipinski definition) is 1. The van der Waals surface area contributed by atoms with Gasteiger partial charge in [0, 0.05) is 41.0 Å². The van der Waals surface area contributed by atoms with E-state index < -0.39 is 0 Å². The van der Waals surface area contributed by atoms with Gasteiger partial charge in [0.25, 0.3) is 5.91 Å². The summed E-state index contributed by atoms with van der Waals surface area (Å²) in [5.74, 6) is 1.17. The van der Waals surface area contributed by atoms with E-state index in [0.717, 1.165) is 16.7 Å². The first-order valence-corrected chi connectivity index (χ1v) is 11.5. The maximum Gasteiger partial charge on any atom is 0.321 e. The quantitative estimate of drug-likeness (QED) is 0.347. The number of methoxy groups -OCH3 is 1. The van der Waals surface area contributed by atoms with E-state index in [9.17, 15) is 4.79 Å². The minimum atomic E-state index is -0.117. The van der Waals surface area contributed by atoms with Crippen LogP contribution in [0.3, 0.4) is 0 Å². The molecule has 0 radical (unpaired) electrons. The van der Waals surface area contributed by atoms with Gasteiger partial charge in [-0.2, -0.15) is 0 Å². The molecule has 3 aromatic carbocycles. The van der Waals surface area contributed by atoms with Gasteiger partial charge in [-0.25, -0.2) is 9.97 Å². The van der Waals surface area contributed by atoms with Crippen molar-refractivity contribution < 1.29 is 14.3 Å². The van der Waals surface area contributed by atoms with E-state index in [0.29, 0.717) is 23.6 Å². The van der Waals surface area contributed by atoms with Gasteiger partial charge in [0.1, 0.15) is 11.5 Å². The van der Waals surface area contributed by atoms with Crippen molar-refractivity contribution in [2.75, 3.05) is 13.4 Å². The van der Waals surface area contributed by atoms with Gasteiger partial charge >= 0.3 is 6.01 Å². The number of carbonyl (C=O) groups is 1. The Hall–Kier alpha value is -3.84. The minimum Gasteiger partial charge on any atom is -0.497 e. The maximum atomic E-state index is 12.5. The molecular formula is C26H23N3O3S. The highest BCUT2D eigenvalue weighted by Gasteiger charge is 2.08. The minimum absolute atomic E-state index is 0.117. The molecule has 4 rings (SSSR count). The molecule has 0 aliphatic heterocycles. The number of nitrogens with one attached hydrogen (secondary N) is 1. The van der Waals surface area contributed by atoms with Crippen molar-refractivity contribution in [2.45, 2.75) is 11.4 Å². The second-order valence-electron chi connectivity index (χ2n) is 7.14.